The second kappa shape index (κ2) is 5.67. The molecule has 1 heterocycles. The van der Waals surface area contributed by atoms with Gasteiger partial charge in [0.2, 0.25) is 0 Å². The highest BCUT2D eigenvalue weighted by Crippen LogP contribution is 2.22. The van der Waals surface area contributed by atoms with E-state index in [2.05, 4.69) is 4.98 Å². The van der Waals surface area contributed by atoms with E-state index in [0.717, 1.165) is 0 Å². The van der Waals surface area contributed by atoms with Gasteiger partial charge in [0, 0.05) is 21.2 Å². The number of aromatic nitrogens is 1. The highest BCUT2D eigenvalue weighted by molar-refractivity contribution is 6.31. The van der Waals surface area contributed by atoms with Crippen LogP contribution in [-0.4, -0.2) is 43.8 Å². The molecule has 0 fully saturated rings. The van der Waals surface area contributed by atoms with Crippen molar-refractivity contribution in [3.8, 4) is 5.75 Å². The summed E-state index contributed by atoms with van der Waals surface area (Å²) in [6.45, 7) is 0.0857. The van der Waals surface area contributed by atoms with E-state index in [9.17, 15) is 4.79 Å². The Bertz CT molecular complexity index is 382. The van der Waals surface area contributed by atoms with Crippen molar-refractivity contribution in [1.29, 1.82) is 0 Å². The van der Waals surface area contributed by atoms with Crippen LogP contribution in [0.3, 0.4) is 0 Å². The SMILES string of the molecule is COCOc1ccc(C(=O)N(C)C)nc1Cl. The van der Waals surface area contributed by atoms with E-state index < -0.39 is 0 Å². The van der Waals surface area contributed by atoms with E-state index in [0.29, 0.717) is 5.75 Å². The second-order valence-corrected chi connectivity index (χ2v) is 3.59. The second-order valence-electron chi connectivity index (χ2n) is 3.24. The Kier molecular flexibility index (Phi) is 4.52. The molecule has 1 aromatic heterocycles. The lowest BCUT2D eigenvalue weighted by molar-refractivity contribution is 0.0509. The van der Waals surface area contributed by atoms with E-state index in [1.54, 1.807) is 26.2 Å². The molecule has 0 N–H and O–H groups in total. The molecule has 0 aliphatic rings. The smallest absolute Gasteiger partial charge is 0.271 e. The van der Waals surface area contributed by atoms with Gasteiger partial charge in [0.05, 0.1) is 0 Å². The molecule has 0 radical (unpaired) electrons. The van der Waals surface area contributed by atoms with E-state index in [1.807, 2.05) is 0 Å². The predicted molar refractivity (Wildman–Crippen MR) is 59.8 cm³/mol. The van der Waals surface area contributed by atoms with Crippen molar-refractivity contribution in [2.24, 2.45) is 0 Å². The molecule has 1 rings (SSSR count). The van der Waals surface area contributed by atoms with Crippen LogP contribution in [0.15, 0.2) is 12.1 Å². The first kappa shape index (κ1) is 12.7. The summed E-state index contributed by atoms with van der Waals surface area (Å²) in [5, 5.41) is 0.143. The van der Waals surface area contributed by atoms with Gasteiger partial charge in [-0.15, -0.1) is 0 Å². The summed E-state index contributed by atoms with van der Waals surface area (Å²) in [6, 6.07) is 3.14. The number of ether oxygens (including phenoxy) is 2. The molecule has 0 saturated heterocycles. The third-order valence-corrected chi connectivity index (χ3v) is 2.04. The maximum Gasteiger partial charge on any atom is 0.271 e. The van der Waals surface area contributed by atoms with Gasteiger partial charge in [-0.05, 0) is 12.1 Å². The van der Waals surface area contributed by atoms with Crippen molar-refractivity contribution in [1.82, 2.24) is 9.88 Å². The Balaban J connectivity index is 2.86. The maximum absolute atomic E-state index is 11.6. The van der Waals surface area contributed by atoms with Crippen molar-refractivity contribution in [3.63, 3.8) is 0 Å². The Labute approximate surface area is 98.9 Å². The molecule has 0 spiro atoms. The number of hydrogen-bond donors (Lipinski definition) is 0. The Morgan fingerprint density at radius 1 is 1.50 bits per heavy atom. The third kappa shape index (κ3) is 3.08. The lowest BCUT2D eigenvalue weighted by Crippen LogP contribution is -2.22. The van der Waals surface area contributed by atoms with Gasteiger partial charge >= 0.3 is 0 Å². The van der Waals surface area contributed by atoms with E-state index in [1.165, 1.54) is 12.0 Å². The number of methoxy groups -OCH3 is 1. The van der Waals surface area contributed by atoms with E-state index in [-0.39, 0.29) is 23.5 Å². The molecule has 88 valence electrons. The number of rotatable bonds is 4. The van der Waals surface area contributed by atoms with Crippen molar-refractivity contribution in [3.05, 3.63) is 23.0 Å². The fourth-order valence-electron chi connectivity index (χ4n) is 1.000. The molecule has 16 heavy (non-hydrogen) atoms. The van der Waals surface area contributed by atoms with Crippen LogP contribution in [-0.2, 0) is 4.74 Å². The average Bonchev–Trinajstić information content (AvgIpc) is 2.26. The molecule has 5 nitrogen and oxygen atoms in total. The standard InChI is InChI=1S/C10H13ClN2O3/c1-13(2)10(14)7-4-5-8(9(11)12-7)16-6-15-3/h4-5H,6H2,1-3H3. The van der Waals surface area contributed by atoms with Gasteiger partial charge in [-0.1, -0.05) is 11.6 Å². The topological polar surface area (TPSA) is 51.7 Å². The number of carbonyl (C=O) groups is 1. The fourth-order valence-corrected chi connectivity index (χ4v) is 1.21. The van der Waals surface area contributed by atoms with Crippen LogP contribution in [0.1, 0.15) is 10.5 Å². The average molecular weight is 245 g/mol. The summed E-state index contributed by atoms with van der Waals surface area (Å²) in [5.41, 5.74) is 0.278. The first-order valence-corrected chi connectivity index (χ1v) is 4.94. The van der Waals surface area contributed by atoms with Gasteiger partial charge in [0.1, 0.15) is 5.69 Å². The fraction of sp³-hybridized carbons (Fsp3) is 0.400. The van der Waals surface area contributed by atoms with Crippen LogP contribution in [0.2, 0.25) is 5.15 Å². The van der Waals surface area contributed by atoms with Crippen molar-refractivity contribution < 1.29 is 14.3 Å². The van der Waals surface area contributed by atoms with Crippen LogP contribution >= 0.6 is 11.6 Å². The number of amides is 1. The Morgan fingerprint density at radius 2 is 2.19 bits per heavy atom. The monoisotopic (exact) mass is 244 g/mol. The van der Waals surface area contributed by atoms with Crippen LogP contribution < -0.4 is 4.74 Å². The summed E-state index contributed by atoms with van der Waals surface area (Å²) in [7, 11) is 4.80. The molecular formula is C10H13ClN2O3. The molecule has 1 amide bonds. The molecular weight excluding hydrogens is 232 g/mol. The van der Waals surface area contributed by atoms with Crippen LogP contribution in [0.5, 0.6) is 5.75 Å². The van der Waals surface area contributed by atoms with Gasteiger partial charge < -0.3 is 14.4 Å². The largest absolute Gasteiger partial charge is 0.464 e. The number of carbonyl (C=O) groups excluding carboxylic acids is 1. The normalized spacial score (nSPS) is 10.0. The first-order chi connectivity index (χ1) is 7.56. The summed E-state index contributed by atoms with van der Waals surface area (Å²) in [6.07, 6.45) is 0. The zero-order chi connectivity index (χ0) is 12.1. The molecule has 0 aliphatic carbocycles. The first-order valence-electron chi connectivity index (χ1n) is 4.56. The lowest BCUT2D eigenvalue weighted by Gasteiger charge is -2.11. The minimum absolute atomic E-state index is 0.0857. The number of pyridine rings is 1. The van der Waals surface area contributed by atoms with Gasteiger partial charge in [-0.25, -0.2) is 4.98 Å². The van der Waals surface area contributed by atoms with Crippen LogP contribution in [0, 0.1) is 0 Å². The van der Waals surface area contributed by atoms with Crippen molar-refractivity contribution >= 4 is 17.5 Å². The van der Waals surface area contributed by atoms with E-state index in [4.69, 9.17) is 21.1 Å². The summed E-state index contributed by atoms with van der Waals surface area (Å²) < 4.78 is 9.87. The molecule has 0 atom stereocenters. The zero-order valence-electron chi connectivity index (χ0n) is 9.36. The van der Waals surface area contributed by atoms with Gasteiger partial charge in [-0.2, -0.15) is 0 Å². The molecule has 6 heteroatoms. The predicted octanol–water partition coefficient (Wildman–Crippen LogP) is 1.42. The lowest BCUT2D eigenvalue weighted by atomic mass is 10.3. The highest BCUT2D eigenvalue weighted by atomic mass is 35.5. The summed E-state index contributed by atoms with van der Waals surface area (Å²) in [5.74, 6) is 0.180. The van der Waals surface area contributed by atoms with Crippen molar-refractivity contribution in [2.45, 2.75) is 0 Å². The maximum atomic E-state index is 11.6. The minimum atomic E-state index is -0.208. The zero-order valence-corrected chi connectivity index (χ0v) is 10.1. The van der Waals surface area contributed by atoms with Crippen molar-refractivity contribution in [2.75, 3.05) is 28.0 Å². The Hall–Kier alpha value is -1.33. The molecule has 0 unspecified atom stereocenters. The van der Waals surface area contributed by atoms with Gasteiger partial charge in [-0.3, -0.25) is 4.79 Å². The van der Waals surface area contributed by atoms with Crippen LogP contribution in [0.25, 0.3) is 0 Å². The minimum Gasteiger partial charge on any atom is -0.464 e. The molecule has 0 bridgehead atoms. The third-order valence-electron chi connectivity index (χ3n) is 1.77. The van der Waals surface area contributed by atoms with Gasteiger partial charge in [0.15, 0.2) is 17.7 Å². The Morgan fingerprint density at radius 3 is 2.69 bits per heavy atom. The molecule has 0 aliphatic heterocycles. The number of halogens is 1. The molecule has 1 aromatic rings. The summed E-state index contributed by atoms with van der Waals surface area (Å²) in [4.78, 5) is 16.9. The highest BCUT2D eigenvalue weighted by Gasteiger charge is 2.12. The number of nitrogens with zero attached hydrogens (tertiary/aromatic N) is 2. The molecule has 0 aromatic carbocycles. The number of hydrogen-bond acceptors (Lipinski definition) is 4. The quantitative estimate of drug-likeness (QED) is 0.594. The van der Waals surface area contributed by atoms with E-state index >= 15 is 0 Å². The molecule has 0 saturated carbocycles. The van der Waals surface area contributed by atoms with Gasteiger partial charge in [0.25, 0.3) is 5.91 Å². The van der Waals surface area contributed by atoms with Crippen LogP contribution in [0.4, 0.5) is 0 Å². The summed E-state index contributed by atoms with van der Waals surface area (Å²) >= 11 is 5.85.